The zero-order chi connectivity index (χ0) is 12.9. The van der Waals surface area contributed by atoms with E-state index in [0.717, 1.165) is 19.3 Å². The van der Waals surface area contributed by atoms with Crippen molar-refractivity contribution in [3.63, 3.8) is 0 Å². The van der Waals surface area contributed by atoms with Crippen LogP contribution in [0.15, 0.2) is 12.3 Å². The molecule has 0 aromatic carbocycles. The Morgan fingerprint density at radius 3 is 1.89 bits per heavy atom. The summed E-state index contributed by atoms with van der Waals surface area (Å²) in [5.41, 5.74) is -0.298. The third-order valence-electron chi connectivity index (χ3n) is 5.08. The molecule has 4 bridgehead atoms. The van der Waals surface area contributed by atoms with Crippen molar-refractivity contribution in [3.8, 4) is 0 Å². The highest BCUT2D eigenvalue weighted by atomic mass is 16.5. The molecule has 18 heavy (non-hydrogen) atoms. The first-order valence-corrected chi connectivity index (χ1v) is 6.90. The predicted molar refractivity (Wildman–Crippen MR) is 66.5 cm³/mol. The highest BCUT2D eigenvalue weighted by molar-refractivity contribution is 5.94. The van der Waals surface area contributed by atoms with Gasteiger partial charge in [-0.3, -0.25) is 9.59 Å². The van der Waals surface area contributed by atoms with Crippen molar-refractivity contribution in [1.29, 1.82) is 0 Å². The summed E-state index contributed by atoms with van der Waals surface area (Å²) in [5.74, 6) is 1.66. The Balaban J connectivity index is 1.77. The molecule has 4 rings (SSSR count). The van der Waals surface area contributed by atoms with Crippen molar-refractivity contribution in [2.45, 2.75) is 45.4 Å². The highest BCUT2D eigenvalue weighted by Gasteiger charge is 2.55. The van der Waals surface area contributed by atoms with E-state index >= 15 is 0 Å². The number of hydrogen-bond donors (Lipinski definition) is 0. The predicted octanol–water partition coefficient (Wildman–Crippen LogP) is 2.85. The average molecular weight is 248 g/mol. The highest BCUT2D eigenvalue weighted by Crippen LogP contribution is 2.60. The number of ether oxygens (including phenoxy) is 1. The van der Waals surface area contributed by atoms with Crippen LogP contribution in [0.5, 0.6) is 0 Å². The van der Waals surface area contributed by atoms with Crippen LogP contribution in [0.4, 0.5) is 0 Å². The van der Waals surface area contributed by atoms with Gasteiger partial charge in [-0.05, 0) is 56.3 Å². The Morgan fingerprint density at radius 2 is 1.50 bits per heavy atom. The molecule has 4 aliphatic rings. The number of esters is 1. The number of carbonyl (C=O) groups is 2. The number of Topliss-reactive ketones (excluding diaryl/α,β-unsaturated/α-hetero) is 1. The minimum Gasteiger partial charge on any atom is -0.423 e. The summed E-state index contributed by atoms with van der Waals surface area (Å²) >= 11 is 0. The molecule has 0 spiro atoms. The van der Waals surface area contributed by atoms with Gasteiger partial charge in [0.25, 0.3) is 0 Å². The summed E-state index contributed by atoms with van der Waals surface area (Å²) in [7, 11) is 0. The Morgan fingerprint density at radius 1 is 1.06 bits per heavy atom. The minimum atomic E-state index is -0.298. The Labute approximate surface area is 108 Å². The van der Waals surface area contributed by atoms with Crippen LogP contribution in [0.2, 0.25) is 0 Å². The first kappa shape index (κ1) is 11.9. The number of ketones is 1. The standard InChI is InChI=1S/C15H20O3/c1-9(16)10(2)18-14(17)15-6-11-3-12(7-15)5-13(4-11)8-15/h11-13H,2-8H2,1H3. The van der Waals surface area contributed by atoms with Crippen LogP contribution in [0.25, 0.3) is 0 Å². The fraction of sp³-hybridized carbons (Fsp3) is 0.733. The van der Waals surface area contributed by atoms with Crippen LogP contribution in [-0.4, -0.2) is 11.8 Å². The second-order valence-corrected chi connectivity index (χ2v) is 6.57. The molecule has 4 aliphatic carbocycles. The molecule has 0 aromatic rings. The smallest absolute Gasteiger partial charge is 0.317 e. The fourth-order valence-corrected chi connectivity index (χ4v) is 4.65. The maximum atomic E-state index is 12.4. The topological polar surface area (TPSA) is 43.4 Å². The van der Waals surface area contributed by atoms with Gasteiger partial charge >= 0.3 is 5.97 Å². The van der Waals surface area contributed by atoms with Gasteiger partial charge in [0.1, 0.15) is 0 Å². The van der Waals surface area contributed by atoms with E-state index in [-0.39, 0.29) is 22.9 Å². The molecule has 3 nitrogen and oxygen atoms in total. The van der Waals surface area contributed by atoms with Gasteiger partial charge in [-0.2, -0.15) is 0 Å². The van der Waals surface area contributed by atoms with Crippen LogP contribution in [0.3, 0.4) is 0 Å². The number of allylic oxidation sites excluding steroid dienone is 1. The first-order chi connectivity index (χ1) is 8.48. The molecule has 0 amide bonds. The normalized spacial score (nSPS) is 40.6. The lowest BCUT2D eigenvalue weighted by Crippen LogP contribution is -2.50. The van der Waals surface area contributed by atoms with Crippen molar-refractivity contribution < 1.29 is 14.3 Å². The molecule has 4 saturated carbocycles. The van der Waals surface area contributed by atoms with Gasteiger partial charge in [-0.15, -0.1) is 0 Å². The van der Waals surface area contributed by atoms with Gasteiger partial charge in [0.05, 0.1) is 5.41 Å². The monoisotopic (exact) mass is 248 g/mol. The van der Waals surface area contributed by atoms with E-state index in [1.807, 2.05) is 0 Å². The zero-order valence-electron chi connectivity index (χ0n) is 10.9. The molecule has 98 valence electrons. The molecule has 0 N–H and O–H groups in total. The molecule has 0 saturated heterocycles. The van der Waals surface area contributed by atoms with Gasteiger partial charge in [0.15, 0.2) is 11.5 Å². The average Bonchev–Trinajstić information content (AvgIpc) is 2.26. The Bertz CT molecular complexity index is 386. The second-order valence-electron chi connectivity index (χ2n) is 6.57. The van der Waals surface area contributed by atoms with Crippen LogP contribution in [0, 0.1) is 23.2 Å². The van der Waals surface area contributed by atoms with Crippen LogP contribution in [-0.2, 0) is 14.3 Å². The van der Waals surface area contributed by atoms with Crippen molar-refractivity contribution in [3.05, 3.63) is 12.3 Å². The summed E-state index contributed by atoms with van der Waals surface area (Å²) in [5, 5.41) is 0. The summed E-state index contributed by atoms with van der Waals surface area (Å²) in [6.07, 6.45) is 6.76. The number of hydrogen-bond acceptors (Lipinski definition) is 3. The molecular weight excluding hydrogens is 228 g/mol. The Hall–Kier alpha value is -1.12. The van der Waals surface area contributed by atoms with E-state index in [1.54, 1.807) is 0 Å². The summed E-state index contributed by atoms with van der Waals surface area (Å²) in [6, 6.07) is 0. The van der Waals surface area contributed by atoms with Crippen LogP contribution >= 0.6 is 0 Å². The molecule has 0 unspecified atom stereocenters. The molecule has 4 fully saturated rings. The summed E-state index contributed by atoms with van der Waals surface area (Å²) in [6.45, 7) is 4.91. The fourth-order valence-electron chi connectivity index (χ4n) is 4.65. The lowest BCUT2D eigenvalue weighted by Gasteiger charge is -2.55. The SMILES string of the molecule is C=C(OC(=O)C12CC3CC(CC(C3)C1)C2)C(C)=O. The molecular formula is C15H20O3. The minimum absolute atomic E-state index is 0.00394. The maximum absolute atomic E-state index is 12.4. The van der Waals surface area contributed by atoms with Crippen molar-refractivity contribution in [2.24, 2.45) is 23.2 Å². The lowest BCUT2D eigenvalue weighted by molar-refractivity contribution is -0.168. The van der Waals surface area contributed by atoms with E-state index in [0.29, 0.717) is 17.8 Å². The van der Waals surface area contributed by atoms with E-state index in [1.165, 1.54) is 26.2 Å². The molecule has 0 atom stereocenters. The van der Waals surface area contributed by atoms with Gasteiger partial charge in [-0.25, -0.2) is 0 Å². The summed E-state index contributed by atoms with van der Waals surface area (Å²) < 4.78 is 5.21. The van der Waals surface area contributed by atoms with Crippen molar-refractivity contribution in [2.75, 3.05) is 0 Å². The van der Waals surface area contributed by atoms with Gasteiger partial charge in [0, 0.05) is 6.92 Å². The first-order valence-electron chi connectivity index (χ1n) is 6.90. The van der Waals surface area contributed by atoms with E-state index in [4.69, 9.17) is 4.74 Å². The van der Waals surface area contributed by atoms with Crippen LogP contribution in [0.1, 0.15) is 45.4 Å². The van der Waals surface area contributed by atoms with Gasteiger partial charge in [-0.1, -0.05) is 6.58 Å². The van der Waals surface area contributed by atoms with Crippen molar-refractivity contribution >= 4 is 11.8 Å². The largest absolute Gasteiger partial charge is 0.423 e. The maximum Gasteiger partial charge on any atom is 0.317 e. The van der Waals surface area contributed by atoms with E-state index in [2.05, 4.69) is 6.58 Å². The van der Waals surface area contributed by atoms with E-state index in [9.17, 15) is 9.59 Å². The summed E-state index contributed by atoms with van der Waals surface area (Å²) in [4.78, 5) is 23.5. The van der Waals surface area contributed by atoms with E-state index < -0.39 is 0 Å². The quantitative estimate of drug-likeness (QED) is 0.438. The van der Waals surface area contributed by atoms with Crippen molar-refractivity contribution in [1.82, 2.24) is 0 Å². The molecule has 0 radical (unpaired) electrons. The molecule has 3 heteroatoms. The molecule has 0 heterocycles. The molecule has 0 aromatic heterocycles. The van der Waals surface area contributed by atoms with Gasteiger partial charge < -0.3 is 4.74 Å². The zero-order valence-corrected chi connectivity index (χ0v) is 10.9. The Kier molecular flexibility index (Phi) is 2.61. The molecule has 0 aliphatic heterocycles. The van der Waals surface area contributed by atoms with Crippen LogP contribution < -0.4 is 0 Å². The number of rotatable bonds is 3. The number of carbonyl (C=O) groups excluding carboxylic acids is 2. The third-order valence-corrected chi connectivity index (χ3v) is 5.08. The third kappa shape index (κ3) is 1.80. The van der Waals surface area contributed by atoms with Gasteiger partial charge in [0.2, 0.25) is 0 Å². The lowest BCUT2D eigenvalue weighted by atomic mass is 9.49. The second kappa shape index (κ2) is 3.94.